The van der Waals surface area contributed by atoms with Crippen LogP contribution in [-0.2, 0) is 12.2 Å². The second-order valence-electron chi connectivity index (χ2n) is 3.89. The number of rotatable bonds is 6. The second-order valence-corrected chi connectivity index (χ2v) is 5.86. The average molecular weight is 229 g/mol. The van der Waals surface area contributed by atoms with Crippen LogP contribution in [0.1, 0.15) is 37.9 Å². The summed E-state index contributed by atoms with van der Waals surface area (Å²) in [7, 11) is 0. The van der Waals surface area contributed by atoms with Gasteiger partial charge in [0.25, 0.3) is 0 Å². The number of aryl methyl sites for hydroxylation is 1. The van der Waals surface area contributed by atoms with Gasteiger partial charge in [0.2, 0.25) is 0 Å². The highest BCUT2D eigenvalue weighted by Gasteiger charge is 2.02. The zero-order valence-electron chi connectivity index (χ0n) is 9.25. The number of aromatic nitrogens is 1. The Hall–Kier alpha value is -0.0200. The van der Waals surface area contributed by atoms with Crippen molar-refractivity contribution in [2.45, 2.75) is 39.4 Å². The van der Waals surface area contributed by atoms with Crippen LogP contribution in [0.5, 0.6) is 0 Å². The largest absolute Gasteiger partial charge is 0.245 e. The molecule has 0 saturated carbocycles. The highest BCUT2D eigenvalue weighted by Crippen LogP contribution is 2.19. The molecule has 1 nitrogen and oxygen atoms in total. The van der Waals surface area contributed by atoms with Gasteiger partial charge < -0.3 is 0 Å². The summed E-state index contributed by atoms with van der Waals surface area (Å²) in [4.78, 5) is 4.59. The molecule has 1 heterocycles. The van der Waals surface area contributed by atoms with Gasteiger partial charge in [0, 0.05) is 11.1 Å². The summed E-state index contributed by atoms with van der Waals surface area (Å²) in [5, 5.41) is 3.49. The molecular weight excluding hydrogens is 210 g/mol. The Labute approximate surface area is 95.3 Å². The lowest BCUT2D eigenvalue weighted by Gasteiger charge is -2.01. The minimum absolute atomic E-state index is 0.787. The van der Waals surface area contributed by atoms with Crippen molar-refractivity contribution in [3.8, 4) is 0 Å². The van der Waals surface area contributed by atoms with Crippen LogP contribution in [0.2, 0.25) is 0 Å². The minimum atomic E-state index is 0.787. The Bertz CT molecular complexity index is 256. The standard InChI is InChI=1S/C11H19NS2/c1-4-5-10-7-14-11(12-10)8-13-6-9(2)3/h7,9H,4-6,8H2,1-3H3. The van der Waals surface area contributed by atoms with Gasteiger partial charge in [-0.1, -0.05) is 27.2 Å². The van der Waals surface area contributed by atoms with Crippen LogP contribution >= 0.6 is 23.1 Å². The molecular formula is C11H19NS2. The zero-order valence-corrected chi connectivity index (χ0v) is 10.9. The minimum Gasteiger partial charge on any atom is -0.245 e. The summed E-state index contributed by atoms with van der Waals surface area (Å²) in [6.07, 6.45) is 2.33. The first-order chi connectivity index (χ1) is 6.72. The van der Waals surface area contributed by atoms with E-state index in [0.29, 0.717) is 0 Å². The maximum atomic E-state index is 4.59. The quantitative estimate of drug-likeness (QED) is 0.731. The molecule has 0 saturated heterocycles. The Morgan fingerprint density at radius 1 is 1.50 bits per heavy atom. The van der Waals surface area contributed by atoms with Gasteiger partial charge in [-0.25, -0.2) is 4.98 Å². The monoisotopic (exact) mass is 229 g/mol. The molecule has 80 valence electrons. The van der Waals surface area contributed by atoms with Crippen molar-refractivity contribution in [2.75, 3.05) is 5.75 Å². The van der Waals surface area contributed by atoms with E-state index < -0.39 is 0 Å². The maximum Gasteiger partial charge on any atom is 0.103 e. The lowest BCUT2D eigenvalue weighted by molar-refractivity contribution is 0.750. The van der Waals surface area contributed by atoms with Crippen LogP contribution in [0.15, 0.2) is 5.38 Å². The van der Waals surface area contributed by atoms with Gasteiger partial charge in [-0.2, -0.15) is 11.8 Å². The Morgan fingerprint density at radius 3 is 2.93 bits per heavy atom. The van der Waals surface area contributed by atoms with E-state index in [1.165, 1.54) is 22.9 Å². The SMILES string of the molecule is CCCc1csc(CSCC(C)C)n1. The molecule has 0 aliphatic rings. The Morgan fingerprint density at radius 2 is 2.29 bits per heavy atom. The van der Waals surface area contributed by atoms with Crippen LogP contribution in [0.3, 0.4) is 0 Å². The van der Waals surface area contributed by atoms with Crippen LogP contribution < -0.4 is 0 Å². The molecule has 0 unspecified atom stereocenters. The summed E-state index contributed by atoms with van der Waals surface area (Å²) < 4.78 is 0. The van der Waals surface area contributed by atoms with E-state index in [4.69, 9.17) is 0 Å². The summed E-state index contributed by atoms with van der Waals surface area (Å²) in [6.45, 7) is 6.72. The van der Waals surface area contributed by atoms with Gasteiger partial charge >= 0.3 is 0 Å². The van der Waals surface area contributed by atoms with Crippen molar-refractivity contribution >= 4 is 23.1 Å². The zero-order chi connectivity index (χ0) is 10.4. The number of thioether (sulfide) groups is 1. The van der Waals surface area contributed by atoms with E-state index >= 15 is 0 Å². The van der Waals surface area contributed by atoms with Crippen LogP contribution in [0.4, 0.5) is 0 Å². The predicted molar refractivity (Wildman–Crippen MR) is 67.1 cm³/mol. The highest BCUT2D eigenvalue weighted by atomic mass is 32.2. The second kappa shape index (κ2) is 6.46. The van der Waals surface area contributed by atoms with Crippen LogP contribution in [-0.4, -0.2) is 10.7 Å². The van der Waals surface area contributed by atoms with E-state index in [9.17, 15) is 0 Å². The van der Waals surface area contributed by atoms with E-state index in [-0.39, 0.29) is 0 Å². The third-order valence-corrected chi connectivity index (χ3v) is 4.24. The molecule has 0 radical (unpaired) electrons. The molecule has 0 spiro atoms. The molecule has 1 rings (SSSR count). The smallest absolute Gasteiger partial charge is 0.103 e. The van der Waals surface area contributed by atoms with Crippen molar-refractivity contribution in [3.63, 3.8) is 0 Å². The summed E-state index contributed by atoms with van der Waals surface area (Å²) >= 11 is 3.80. The topological polar surface area (TPSA) is 12.9 Å². The number of thiazole rings is 1. The van der Waals surface area contributed by atoms with Crippen molar-refractivity contribution in [1.82, 2.24) is 4.98 Å². The van der Waals surface area contributed by atoms with E-state index in [1.807, 2.05) is 23.1 Å². The van der Waals surface area contributed by atoms with Gasteiger partial charge in [-0.3, -0.25) is 0 Å². The Kier molecular flexibility index (Phi) is 5.56. The molecule has 1 aromatic rings. The van der Waals surface area contributed by atoms with E-state index in [2.05, 4.69) is 31.1 Å². The van der Waals surface area contributed by atoms with Gasteiger partial charge in [0.1, 0.15) is 5.01 Å². The number of nitrogens with zero attached hydrogens (tertiary/aromatic N) is 1. The summed E-state index contributed by atoms with van der Waals surface area (Å²) in [5.74, 6) is 3.12. The van der Waals surface area contributed by atoms with Crippen molar-refractivity contribution in [3.05, 3.63) is 16.1 Å². The lowest BCUT2D eigenvalue weighted by Crippen LogP contribution is -1.91. The molecule has 14 heavy (non-hydrogen) atoms. The van der Waals surface area contributed by atoms with Crippen molar-refractivity contribution in [1.29, 1.82) is 0 Å². The predicted octanol–water partition coefficient (Wildman–Crippen LogP) is 3.98. The molecule has 0 fully saturated rings. The van der Waals surface area contributed by atoms with E-state index in [1.54, 1.807) is 0 Å². The van der Waals surface area contributed by atoms with Crippen molar-refractivity contribution < 1.29 is 0 Å². The van der Waals surface area contributed by atoms with Crippen molar-refractivity contribution in [2.24, 2.45) is 5.92 Å². The third-order valence-electron chi connectivity index (χ3n) is 1.78. The fourth-order valence-corrected chi connectivity index (χ4v) is 3.13. The molecule has 0 aliphatic heterocycles. The third kappa shape index (κ3) is 4.47. The Balaban J connectivity index is 2.28. The molecule has 0 bridgehead atoms. The van der Waals surface area contributed by atoms with Gasteiger partial charge in [0.05, 0.1) is 5.69 Å². The average Bonchev–Trinajstić information content (AvgIpc) is 2.53. The normalized spacial score (nSPS) is 11.1. The molecule has 1 aromatic heterocycles. The molecule has 3 heteroatoms. The summed E-state index contributed by atoms with van der Waals surface area (Å²) in [6, 6.07) is 0. The summed E-state index contributed by atoms with van der Waals surface area (Å²) in [5.41, 5.74) is 1.28. The van der Waals surface area contributed by atoms with Gasteiger partial charge in [0.15, 0.2) is 0 Å². The van der Waals surface area contributed by atoms with Gasteiger partial charge in [-0.05, 0) is 18.1 Å². The molecule has 0 atom stereocenters. The van der Waals surface area contributed by atoms with Crippen LogP contribution in [0, 0.1) is 5.92 Å². The van der Waals surface area contributed by atoms with Crippen LogP contribution in [0.25, 0.3) is 0 Å². The molecule has 0 aromatic carbocycles. The van der Waals surface area contributed by atoms with Gasteiger partial charge in [-0.15, -0.1) is 11.3 Å². The molecule has 0 amide bonds. The maximum absolute atomic E-state index is 4.59. The lowest BCUT2D eigenvalue weighted by atomic mass is 10.3. The molecule has 0 N–H and O–H groups in total. The number of hydrogen-bond donors (Lipinski definition) is 0. The van der Waals surface area contributed by atoms with E-state index in [0.717, 1.165) is 18.1 Å². The first-order valence-corrected chi connectivity index (χ1v) is 7.26. The first-order valence-electron chi connectivity index (χ1n) is 5.23. The first kappa shape index (κ1) is 12.1. The number of hydrogen-bond acceptors (Lipinski definition) is 3. The highest BCUT2D eigenvalue weighted by molar-refractivity contribution is 7.98. The molecule has 0 aliphatic carbocycles. The fourth-order valence-electron chi connectivity index (χ4n) is 1.17. The fraction of sp³-hybridized carbons (Fsp3) is 0.727.